The van der Waals surface area contributed by atoms with Gasteiger partial charge in [0.25, 0.3) is 5.91 Å². The summed E-state index contributed by atoms with van der Waals surface area (Å²) in [5, 5.41) is 23.3. The predicted molar refractivity (Wildman–Crippen MR) is 137 cm³/mol. The predicted octanol–water partition coefficient (Wildman–Crippen LogP) is 3.82. The lowest BCUT2D eigenvalue weighted by molar-refractivity contribution is -0.143. The van der Waals surface area contributed by atoms with E-state index in [1.54, 1.807) is 12.1 Å². The first-order valence-electron chi connectivity index (χ1n) is 12.4. The maximum Gasteiger partial charge on any atom is 0.275 e. The lowest BCUT2D eigenvalue weighted by Gasteiger charge is -2.28. The average Bonchev–Trinajstić information content (AvgIpc) is 3.50. The van der Waals surface area contributed by atoms with Gasteiger partial charge in [-0.25, -0.2) is 0 Å². The minimum Gasteiger partial charge on any atom is -0.391 e. The number of β-amino-alcohol motifs (C(OH)–C–C–N with tert-alkyl or cyclic N) is 1. The fourth-order valence-corrected chi connectivity index (χ4v) is 4.01. The Kier molecular flexibility index (Phi) is 10.7. The van der Waals surface area contributed by atoms with Gasteiger partial charge in [-0.1, -0.05) is 50.6 Å². The molecule has 9 nitrogen and oxygen atoms in total. The van der Waals surface area contributed by atoms with Crippen molar-refractivity contribution in [2.24, 2.45) is 5.92 Å². The number of hydrogen-bond acceptors (Lipinski definition) is 7. The number of amides is 2. The van der Waals surface area contributed by atoms with Crippen molar-refractivity contribution in [2.75, 3.05) is 6.54 Å². The quantitative estimate of drug-likeness (QED) is 0.470. The standard InChI is InChI=1S/C25H33N3O6.C2H6/c1-14(2)16(5)17-6-8-20(9-7-17)33-27-24(31)21-11-19(30)12-28(21)25(32)23(15(3)4)22-10-18(13-29)26-34-22;1-2/h6-10,15,19,21,23,29-30H,11-13H2,1-5H3,(H,27,31);1-2H3/t19-,21?,23?;/m1./s1. The van der Waals surface area contributed by atoms with E-state index in [0.717, 1.165) is 5.56 Å². The van der Waals surface area contributed by atoms with Crippen LogP contribution in [0, 0.1) is 5.92 Å². The molecule has 36 heavy (non-hydrogen) atoms. The Morgan fingerprint density at radius 1 is 1.19 bits per heavy atom. The first-order chi connectivity index (χ1) is 17.1. The van der Waals surface area contributed by atoms with E-state index in [2.05, 4.69) is 10.6 Å². The number of allylic oxidation sites excluding steroid dienone is 2. The highest BCUT2D eigenvalue weighted by atomic mass is 16.7. The molecule has 0 spiro atoms. The van der Waals surface area contributed by atoms with E-state index in [4.69, 9.17) is 9.36 Å². The fraction of sp³-hybridized carbons (Fsp3) is 0.519. The second-order valence-electron chi connectivity index (χ2n) is 9.21. The largest absolute Gasteiger partial charge is 0.391 e. The number of nitrogens with zero attached hydrogens (tertiary/aromatic N) is 2. The average molecular weight is 502 g/mol. The van der Waals surface area contributed by atoms with Gasteiger partial charge in [-0.3, -0.25) is 9.59 Å². The summed E-state index contributed by atoms with van der Waals surface area (Å²) in [7, 11) is 0. The molecule has 0 bridgehead atoms. The van der Waals surface area contributed by atoms with Crippen LogP contribution in [0.1, 0.15) is 77.8 Å². The number of hydrogen-bond donors (Lipinski definition) is 3. The normalized spacial score (nSPS) is 17.8. The summed E-state index contributed by atoms with van der Waals surface area (Å²) in [6.45, 7) is 13.6. The summed E-state index contributed by atoms with van der Waals surface area (Å²) in [6.07, 6.45) is -0.732. The number of rotatable bonds is 8. The molecule has 1 fully saturated rings. The lowest BCUT2D eigenvalue weighted by Crippen LogP contribution is -2.48. The Balaban J connectivity index is 0.00000222. The molecule has 1 aliphatic rings. The molecule has 2 heterocycles. The van der Waals surface area contributed by atoms with Crippen LogP contribution in [0.4, 0.5) is 0 Å². The Bertz CT molecular complexity index is 1040. The molecule has 1 saturated heterocycles. The van der Waals surface area contributed by atoms with E-state index in [0.29, 0.717) is 17.2 Å². The Morgan fingerprint density at radius 3 is 2.36 bits per heavy atom. The number of carbonyl (C=O) groups is 2. The van der Waals surface area contributed by atoms with Gasteiger partial charge in [0.2, 0.25) is 5.91 Å². The number of likely N-dealkylation sites (tertiary alicyclic amines) is 1. The minimum absolute atomic E-state index is 0.0256. The first-order valence-corrected chi connectivity index (χ1v) is 12.4. The summed E-state index contributed by atoms with van der Waals surface area (Å²) in [6, 6.07) is 7.97. The van der Waals surface area contributed by atoms with Gasteiger partial charge in [0, 0.05) is 19.0 Å². The Labute approximate surface area is 213 Å². The van der Waals surface area contributed by atoms with Crippen molar-refractivity contribution < 1.29 is 29.2 Å². The molecule has 3 atom stereocenters. The second-order valence-corrected chi connectivity index (χ2v) is 9.21. The highest BCUT2D eigenvalue weighted by Crippen LogP contribution is 2.31. The van der Waals surface area contributed by atoms with Gasteiger partial charge >= 0.3 is 0 Å². The molecule has 2 amide bonds. The van der Waals surface area contributed by atoms with Crippen molar-refractivity contribution in [3.05, 3.63) is 52.9 Å². The zero-order valence-electron chi connectivity index (χ0n) is 22.2. The number of hydroxylamine groups is 1. The molecule has 0 aliphatic carbocycles. The van der Waals surface area contributed by atoms with Crippen molar-refractivity contribution in [3.8, 4) is 5.75 Å². The van der Waals surface area contributed by atoms with Gasteiger partial charge in [-0.15, -0.1) is 0 Å². The van der Waals surface area contributed by atoms with Crippen molar-refractivity contribution in [1.29, 1.82) is 0 Å². The molecule has 3 N–H and O–H groups in total. The van der Waals surface area contributed by atoms with Crippen LogP contribution in [0.5, 0.6) is 5.75 Å². The number of aromatic nitrogens is 1. The zero-order chi connectivity index (χ0) is 27.0. The molecule has 1 aliphatic heterocycles. The molecule has 198 valence electrons. The maximum absolute atomic E-state index is 13.4. The summed E-state index contributed by atoms with van der Waals surface area (Å²) < 4.78 is 5.28. The molecular weight excluding hydrogens is 462 g/mol. The lowest BCUT2D eigenvalue weighted by atomic mass is 9.91. The van der Waals surface area contributed by atoms with Gasteiger partial charge in [0.05, 0.1) is 12.7 Å². The molecule has 0 saturated carbocycles. The smallest absolute Gasteiger partial charge is 0.275 e. The summed E-state index contributed by atoms with van der Waals surface area (Å²) in [5.41, 5.74) is 6.18. The summed E-state index contributed by atoms with van der Waals surface area (Å²) >= 11 is 0. The SMILES string of the molecule is CC.CC(C)=C(C)c1ccc(ONC(=O)C2C[C@@H](O)CN2C(=O)C(c2cc(CO)no2)C(C)C)cc1. The number of carbonyl (C=O) groups excluding carboxylic acids is 2. The third-order valence-electron chi connectivity index (χ3n) is 6.15. The van der Waals surface area contributed by atoms with E-state index in [9.17, 15) is 19.8 Å². The summed E-state index contributed by atoms with van der Waals surface area (Å²) in [5.74, 6) is -0.979. The van der Waals surface area contributed by atoms with E-state index < -0.39 is 24.0 Å². The van der Waals surface area contributed by atoms with Crippen LogP contribution in [-0.2, 0) is 16.2 Å². The summed E-state index contributed by atoms with van der Waals surface area (Å²) in [4.78, 5) is 33.1. The third-order valence-corrected chi connectivity index (χ3v) is 6.15. The number of aliphatic hydroxyl groups excluding tert-OH is 2. The highest BCUT2D eigenvalue weighted by Gasteiger charge is 2.43. The zero-order valence-corrected chi connectivity index (χ0v) is 22.2. The van der Waals surface area contributed by atoms with Crippen LogP contribution < -0.4 is 10.3 Å². The molecule has 0 radical (unpaired) electrons. The molecule has 1 aromatic carbocycles. The van der Waals surface area contributed by atoms with Gasteiger partial charge in [-0.2, -0.15) is 5.48 Å². The van der Waals surface area contributed by atoms with E-state index in [1.165, 1.54) is 22.1 Å². The minimum atomic E-state index is -0.892. The number of benzene rings is 1. The van der Waals surface area contributed by atoms with Crippen molar-refractivity contribution >= 4 is 17.4 Å². The Morgan fingerprint density at radius 2 is 1.83 bits per heavy atom. The van der Waals surface area contributed by atoms with Crippen molar-refractivity contribution in [3.63, 3.8) is 0 Å². The van der Waals surface area contributed by atoms with E-state index in [1.807, 2.05) is 60.6 Å². The maximum atomic E-state index is 13.4. The Hall–Kier alpha value is -3.17. The fourth-order valence-electron chi connectivity index (χ4n) is 4.01. The van der Waals surface area contributed by atoms with Crippen LogP contribution >= 0.6 is 0 Å². The van der Waals surface area contributed by atoms with Gasteiger partial charge in [-0.05, 0) is 50.0 Å². The topological polar surface area (TPSA) is 125 Å². The van der Waals surface area contributed by atoms with Crippen LogP contribution in [0.15, 0.2) is 40.4 Å². The van der Waals surface area contributed by atoms with Crippen molar-refractivity contribution in [1.82, 2.24) is 15.5 Å². The molecular formula is C27H39N3O6. The van der Waals surface area contributed by atoms with Gasteiger partial charge in [0.1, 0.15) is 23.4 Å². The highest BCUT2D eigenvalue weighted by molar-refractivity contribution is 5.91. The number of aliphatic hydroxyl groups is 2. The van der Waals surface area contributed by atoms with Crippen LogP contribution in [-0.4, -0.2) is 50.8 Å². The van der Waals surface area contributed by atoms with Crippen LogP contribution in [0.25, 0.3) is 5.57 Å². The van der Waals surface area contributed by atoms with Gasteiger partial charge in [0.15, 0.2) is 5.75 Å². The third kappa shape index (κ3) is 6.95. The molecule has 9 heteroatoms. The van der Waals surface area contributed by atoms with Crippen molar-refractivity contribution in [2.45, 2.75) is 79.6 Å². The van der Waals surface area contributed by atoms with Crippen LogP contribution in [0.3, 0.4) is 0 Å². The molecule has 2 unspecified atom stereocenters. The monoisotopic (exact) mass is 501 g/mol. The second kappa shape index (κ2) is 13.2. The molecule has 1 aromatic heterocycles. The van der Waals surface area contributed by atoms with E-state index in [-0.39, 0.29) is 31.4 Å². The van der Waals surface area contributed by atoms with Crippen LogP contribution in [0.2, 0.25) is 0 Å². The molecule has 2 aromatic rings. The first kappa shape index (κ1) is 29.1. The number of nitrogens with one attached hydrogen (secondary N) is 1. The van der Waals surface area contributed by atoms with Gasteiger partial charge < -0.3 is 24.5 Å². The van der Waals surface area contributed by atoms with E-state index >= 15 is 0 Å². The molecule has 3 rings (SSSR count).